The smallest absolute Gasteiger partial charge is 0.241 e. The van der Waals surface area contributed by atoms with Gasteiger partial charge < -0.3 is 5.11 Å². The van der Waals surface area contributed by atoms with Crippen molar-refractivity contribution < 1.29 is 18.3 Å². The maximum Gasteiger partial charge on any atom is 0.241 e. The number of benzene rings is 3. The van der Waals surface area contributed by atoms with E-state index < -0.39 is 22.0 Å². The summed E-state index contributed by atoms with van der Waals surface area (Å²) in [4.78, 5) is 13.3. The molecule has 3 aromatic carbocycles. The molecule has 0 aromatic heterocycles. The molecule has 0 bridgehead atoms. The normalized spacial score (nSPS) is 13.6. The molecule has 3 aromatic rings. The van der Waals surface area contributed by atoms with Crippen molar-refractivity contribution >= 4 is 15.8 Å². The van der Waals surface area contributed by atoms with Crippen LogP contribution in [0.15, 0.2) is 77.7 Å². The quantitative estimate of drug-likeness (QED) is 0.546. The monoisotopic (exact) mass is 423 g/mol. The van der Waals surface area contributed by atoms with Gasteiger partial charge in [0.25, 0.3) is 0 Å². The standard InChI is InChI=1S/C24H25NO4S/c1-16-8-12-19(13-9-16)23(18(3)24(27)21-6-4-5-7-22(21)26)25-30(28,29)20-14-10-17(2)11-15-20/h4-15,18,23,25-26H,1-3H3/t18-,23+/m1/s1. The van der Waals surface area contributed by atoms with Crippen molar-refractivity contribution in [2.75, 3.05) is 0 Å². The Morgan fingerprint density at radius 2 is 1.40 bits per heavy atom. The molecular weight excluding hydrogens is 398 g/mol. The highest BCUT2D eigenvalue weighted by atomic mass is 32.2. The van der Waals surface area contributed by atoms with Crippen molar-refractivity contribution in [2.45, 2.75) is 31.7 Å². The molecule has 0 fully saturated rings. The molecule has 0 radical (unpaired) electrons. The van der Waals surface area contributed by atoms with Crippen molar-refractivity contribution in [3.8, 4) is 5.75 Å². The maximum absolute atomic E-state index is 13.1. The number of hydrogen-bond acceptors (Lipinski definition) is 4. The van der Waals surface area contributed by atoms with E-state index in [-0.39, 0.29) is 22.0 Å². The van der Waals surface area contributed by atoms with Crippen molar-refractivity contribution in [3.63, 3.8) is 0 Å². The van der Waals surface area contributed by atoms with E-state index >= 15 is 0 Å². The Kier molecular flexibility index (Phi) is 6.39. The number of nitrogens with one attached hydrogen (secondary N) is 1. The number of carbonyl (C=O) groups excluding carboxylic acids is 1. The third kappa shape index (κ3) is 4.78. The summed E-state index contributed by atoms with van der Waals surface area (Å²) in [6.07, 6.45) is 0. The second-order valence-electron chi connectivity index (χ2n) is 7.49. The van der Waals surface area contributed by atoms with Gasteiger partial charge >= 0.3 is 0 Å². The van der Waals surface area contributed by atoms with Crippen LogP contribution in [0.3, 0.4) is 0 Å². The summed E-state index contributed by atoms with van der Waals surface area (Å²) in [7, 11) is -3.87. The average Bonchev–Trinajstić information content (AvgIpc) is 2.72. The molecule has 0 aliphatic rings. The van der Waals surface area contributed by atoms with Gasteiger partial charge in [0.2, 0.25) is 10.0 Å². The van der Waals surface area contributed by atoms with E-state index in [1.165, 1.54) is 12.1 Å². The number of rotatable bonds is 7. The van der Waals surface area contributed by atoms with Crippen molar-refractivity contribution in [1.82, 2.24) is 4.72 Å². The first-order valence-electron chi connectivity index (χ1n) is 9.67. The van der Waals surface area contributed by atoms with Crippen molar-refractivity contribution in [1.29, 1.82) is 0 Å². The molecular formula is C24H25NO4S. The van der Waals surface area contributed by atoms with Gasteiger partial charge in [-0.15, -0.1) is 0 Å². The van der Waals surface area contributed by atoms with E-state index in [2.05, 4.69) is 4.72 Å². The van der Waals surface area contributed by atoms with Crippen LogP contribution in [0.4, 0.5) is 0 Å². The lowest BCUT2D eigenvalue weighted by atomic mass is 9.88. The average molecular weight is 424 g/mol. The van der Waals surface area contributed by atoms with Gasteiger partial charge in [-0.1, -0.05) is 66.6 Å². The number of carbonyl (C=O) groups is 1. The van der Waals surface area contributed by atoms with Gasteiger partial charge in [-0.3, -0.25) is 4.79 Å². The zero-order valence-electron chi connectivity index (χ0n) is 17.2. The highest BCUT2D eigenvalue weighted by Crippen LogP contribution is 2.30. The number of aryl methyl sites for hydroxylation is 2. The van der Waals surface area contributed by atoms with Crippen LogP contribution in [0.5, 0.6) is 5.75 Å². The van der Waals surface area contributed by atoms with Crippen LogP contribution >= 0.6 is 0 Å². The van der Waals surface area contributed by atoms with Gasteiger partial charge in [0, 0.05) is 5.92 Å². The number of ketones is 1. The first kappa shape index (κ1) is 21.7. The lowest BCUT2D eigenvalue weighted by molar-refractivity contribution is 0.0906. The fourth-order valence-electron chi connectivity index (χ4n) is 3.26. The van der Waals surface area contributed by atoms with Crippen LogP contribution in [0.25, 0.3) is 0 Å². The number of aromatic hydroxyl groups is 1. The molecule has 2 N–H and O–H groups in total. The highest BCUT2D eigenvalue weighted by molar-refractivity contribution is 7.89. The van der Waals surface area contributed by atoms with Crippen molar-refractivity contribution in [2.24, 2.45) is 5.92 Å². The Bertz CT molecular complexity index is 1140. The van der Waals surface area contributed by atoms with Crippen LogP contribution in [-0.4, -0.2) is 19.3 Å². The first-order chi connectivity index (χ1) is 14.2. The Hall–Kier alpha value is -2.96. The SMILES string of the molecule is Cc1ccc([C@@H](NS(=O)(=O)c2ccc(C)cc2)[C@@H](C)C(=O)c2ccccc2O)cc1. The molecule has 6 heteroatoms. The van der Waals surface area contributed by atoms with Crippen molar-refractivity contribution in [3.05, 3.63) is 95.1 Å². The minimum atomic E-state index is -3.87. The number of phenolic OH excluding ortho intramolecular Hbond substituents is 1. The van der Waals surface area contributed by atoms with Crippen LogP contribution < -0.4 is 4.72 Å². The van der Waals surface area contributed by atoms with E-state index in [0.717, 1.165) is 11.1 Å². The van der Waals surface area contributed by atoms with Gasteiger partial charge in [0.1, 0.15) is 5.75 Å². The molecule has 0 spiro atoms. The summed E-state index contributed by atoms with van der Waals surface area (Å²) >= 11 is 0. The molecule has 0 saturated carbocycles. The molecule has 5 nitrogen and oxygen atoms in total. The van der Waals surface area contributed by atoms with E-state index in [4.69, 9.17) is 0 Å². The number of Topliss-reactive ketones (excluding diaryl/α,β-unsaturated/α-hetero) is 1. The van der Waals surface area contributed by atoms with Crippen LogP contribution in [0.1, 0.15) is 40.0 Å². The van der Waals surface area contributed by atoms with Gasteiger partial charge in [0.05, 0.1) is 16.5 Å². The van der Waals surface area contributed by atoms with E-state index in [1.54, 1.807) is 43.3 Å². The highest BCUT2D eigenvalue weighted by Gasteiger charge is 2.31. The number of phenols is 1. The van der Waals surface area contributed by atoms with Crippen LogP contribution in [0.2, 0.25) is 0 Å². The number of para-hydroxylation sites is 1. The molecule has 2 atom stereocenters. The Morgan fingerprint density at radius 3 is 1.97 bits per heavy atom. The zero-order valence-corrected chi connectivity index (χ0v) is 18.0. The zero-order chi connectivity index (χ0) is 21.9. The fraction of sp³-hybridized carbons (Fsp3) is 0.208. The van der Waals surface area contributed by atoms with Gasteiger partial charge in [-0.25, -0.2) is 13.1 Å². The molecule has 3 rings (SSSR count). The number of hydrogen-bond donors (Lipinski definition) is 2. The fourth-order valence-corrected chi connectivity index (χ4v) is 4.57. The lowest BCUT2D eigenvalue weighted by Gasteiger charge is -2.25. The largest absolute Gasteiger partial charge is 0.507 e. The number of sulfonamides is 1. The second-order valence-corrected chi connectivity index (χ2v) is 9.21. The second kappa shape index (κ2) is 8.81. The van der Waals surface area contributed by atoms with E-state index in [9.17, 15) is 18.3 Å². The Morgan fingerprint density at radius 1 is 0.867 bits per heavy atom. The molecule has 0 saturated heterocycles. The third-order valence-electron chi connectivity index (χ3n) is 5.13. The van der Waals surface area contributed by atoms with Crippen LogP contribution in [-0.2, 0) is 10.0 Å². The topological polar surface area (TPSA) is 83.5 Å². The van der Waals surface area contributed by atoms with E-state index in [1.807, 2.05) is 38.1 Å². The minimum absolute atomic E-state index is 0.126. The predicted molar refractivity (Wildman–Crippen MR) is 117 cm³/mol. The Balaban J connectivity index is 2.00. The molecule has 30 heavy (non-hydrogen) atoms. The first-order valence-corrected chi connectivity index (χ1v) is 11.1. The van der Waals surface area contributed by atoms with Gasteiger partial charge in [0.15, 0.2) is 5.78 Å². The lowest BCUT2D eigenvalue weighted by Crippen LogP contribution is -2.35. The van der Waals surface area contributed by atoms with Gasteiger partial charge in [-0.05, 0) is 43.7 Å². The van der Waals surface area contributed by atoms with Crippen LogP contribution in [0, 0.1) is 19.8 Å². The summed E-state index contributed by atoms with van der Waals surface area (Å²) in [5, 5.41) is 10.1. The molecule has 0 heterocycles. The summed E-state index contributed by atoms with van der Waals surface area (Å²) < 4.78 is 28.8. The molecule has 0 amide bonds. The predicted octanol–water partition coefficient (Wildman–Crippen LogP) is 4.55. The Labute approximate surface area is 177 Å². The molecule has 156 valence electrons. The summed E-state index contributed by atoms with van der Waals surface area (Å²) in [5.41, 5.74) is 2.81. The molecule has 0 aliphatic heterocycles. The maximum atomic E-state index is 13.1. The van der Waals surface area contributed by atoms with Gasteiger partial charge in [-0.2, -0.15) is 0 Å². The third-order valence-corrected chi connectivity index (χ3v) is 6.59. The summed E-state index contributed by atoms with van der Waals surface area (Å²) in [5.74, 6) is -1.22. The molecule has 0 aliphatic carbocycles. The summed E-state index contributed by atoms with van der Waals surface area (Å²) in [6.45, 7) is 5.48. The van der Waals surface area contributed by atoms with E-state index in [0.29, 0.717) is 5.56 Å². The molecule has 0 unspecified atom stereocenters. The minimum Gasteiger partial charge on any atom is -0.507 e. The summed E-state index contributed by atoms with van der Waals surface area (Å²) in [6, 6.07) is 19.4.